The molecule has 2 unspecified atom stereocenters. The van der Waals surface area contributed by atoms with Gasteiger partial charge in [-0.15, -0.1) is 0 Å². The van der Waals surface area contributed by atoms with Crippen LogP contribution in [0, 0.1) is 13.8 Å². The van der Waals surface area contributed by atoms with Crippen LogP contribution >= 0.6 is 0 Å². The molecule has 0 amide bonds. The van der Waals surface area contributed by atoms with Crippen molar-refractivity contribution < 1.29 is 14.6 Å². The molecular formula is C15H24O3. The monoisotopic (exact) mass is 252 g/mol. The molecule has 102 valence electrons. The molecular weight excluding hydrogens is 228 g/mol. The molecule has 0 spiro atoms. The maximum absolute atomic E-state index is 10.4. The molecule has 0 aromatic heterocycles. The lowest BCUT2D eigenvalue weighted by molar-refractivity contribution is -0.0358. The average molecular weight is 252 g/mol. The molecule has 3 heteroatoms. The summed E-state index contributed by atoms with van der Waals surface area (Å²) < 4.78 is 10.9. The predicted molar refractivity (Wildman–Crippen MR) is 73.1 cm³/mol. The van der Waals surface area contributed by atoms with E-state index in [1.54, 1.807) is 7.11 Å². The third-order valence-corrected chi connectivity index (χ3v) is 3.24. The van der Waals surface area contributed by atoms with E-state index < -0.39 is 6.10 Å². The zero-order valence-corrected chi connectivity index (χ0v) is 12.0. The fourth-order valence-electron chi connectivity index (χ4n) is 2.20. The summed E-state index contributed by atoms with van der Waals surface area (Å²) in [6.45, 7) is 8.55. The van der Waals surface area contributed by atoms with Crippen LogP contribution in [0.4, 0.5) is 0 Å². The van der Waals surface area contributed by atoms with Gasteiger partial charge in [-0.3, -0.25) is 0 Å². The van der Waals surface area contributed by atoms with E-state index in [9.17, 15) is 5.11 Å². The van der Waals surface area contributed by atoms with E-state index >= 15 is 0 Å². The Hall–Kier alpha value is -1.06. The highest BCUT2D eigenvalue weighted by Gasteiger charge is 2.22. The third-order valence-electron chi connectivity index (χ3n) is 3.24. The molecule has 0 radical (unpaired) electrons. The normalized spacial score (nSPS) is 14.3. The molecule has 0 aliphatic carbocycles. The van der Waals surface area contributed by atoms with Gasteiger partial charge in [-0.1, -0.05) is 6.92 Å². The Morgan fingerprint density at radius 2 is 1.83 bits per heavy atom. The van der Waals surface area contributed by atoms with Crippen molar-refractivity contribution in [3.05, 3.63) is 28.8 Å². The van der Waals surface area contributed by atoms with Gasteiger partial charge in [-0.05, 0) is 56.0 Å². The maximum Gasteiger partial charge on any atom is 0.122 e. The van der Waals surface area contributed by atoms with Gasteiger partial charge in [0, 0.05) is 6.61 Å². The Balaban J connectivity index is 3.04. The molecule has 1 aromatic carbocycles. The molecule has 0 heterocycles. The van der Waals surface area contributed by atoms with Crippen molar-refractivity contribution >= 4 is 0 Å². The molecule has 0 saturated heterocycles. The molecule has 0 bridgehead atoms. The summed E-state index contributed by atoms with van der Waals surface area (Å²) in [5.74, 6) is 0.855. The highest BCUT2D eigenvalue weighted by atomic mass is 16.5. The Morgan fingerprint density at radius 1 is 1.17 bits per heavy atom. The largest absolute Gasteiger partial charge is 0.496 e. The molecule has 1 N–H and O–H groups in total. The molecule has 0 fully saturated rings. The van der Waals surface area contributed by atoms with Crippen LogP contribution in [0.25, 0.3) is 0 Å². The van der Waals surface area contributed by atoms with Crippen molar-refractivity contribution in [2.75, 3.05) is 13.7 Å². The van der Waals surface area contributed by atoms with Gasteiger partial charge >= 0.3 is 0 Å². The quantitative estimate of drug-likeness (QED) is 0.845. The van der Waals surface area contributed by atoms with Crippen molar-refractivity contribution in [2.24, 2.45) is 0 Å². The Bertz CT molecular complexity index is 388. The summed E-state index contributed by atoms with van der Waals surface area (Å²) in [5, 5.41) is 10.4. The van der Waals surface area contributed by atoms with Crippen LogP contribution in [-0.2, 0) is 4.74 Å². The molecule has 0 saturated carbocycles. The fourth-order valence-corrected chi connectivity index (χ4v) is 2.20. The lowest BCUT2D eigenvalue weighted by Gasteiger charge is -2.24. The van der Waals surface area contributed by atoms with Crippen LogP contribution in [0.1, 0.15) is 43.1 Å². The van der Waals surface area contributed by atoms with E-state index in [0.29, 0.717) is 6.61 Å². The minimum absolute atomic E-state index is 0.151. The van der Waals surface area contributed by atoms with Gasteiger partial charge < -0.3 is 14.6 Å². The minimum Gasteiger partial charge on any atom is -0.496 e. The number of rotatable bonds is 6. The van der Waals surface area contributed by atoms with Crippen LogP contribution in [0.15, 0.2) is 12.1 Å². The van der Waals surface area contributed by atoms with Crippen molar-refractivity contribution in [3.8, 4) is 5.75 Å². The zero-order chi connectivity index (χ0) is 13.7. The van der Waals surface area contributed by atoms with Gasteiger partial charge in [-0.25, -0.2) is 0 Å². The minimum atomic E-state index is -0.584. The Labute approximate surface area is 110 Å². The van der Waals surface area contributed by atoms with E-state index in [-0.39, 0.29) is 6.10 Å². The van der Waals surface area contributed by atoms with Gasteiger partial charge in [0.2, 0.25) is 0 Å². The average Bonchev–Trinajstić information content (AvgIpc) is 2.37. The van der Waals surface area contributed by atoms with Gasteiger partial charge in [0.25, 0.3) is 0 Å². The van der Waals surface area contributed by atoms with Gasteiger partial charge in [0.1, 0.15) is 11.9 Å². The summed E-state index contributed by atoms with van der Waals surface area (Å²) >= 11 is 0. The first kappa shape index (κ1) is 15.0. The van der Waals surface area contributed by atoms with E-state index in [4.69, 9.17) is 9.47 Å². The first-order valence-corrected chi connectivity index (χ1v) is 6.49. The SMILES string of the molecule is CCOC(CC)C(O)c1cc(C)c(OC)cc1C. The highest BCUT2D eigenvalue weighted by Crippen LogP contribution is 2.29. The molecule has 1 rings (SSSR count). The fraction of sp³-hybridized carbons (Fsp3) is 0.600. The van der Waals surface area contributed by atoms with Crippen molar-refractivity contribution in [3.63, 3.8) is 0 Å². The van der Waals surface area contributed by atoms with Crippen molar-refractivity contribution in [1.29, 1.82) is 0 Å². The highest BCUT2D eigenvalue weighted by molar-refractivity contribution is 5.42. The lowest BCUT2D eigenvalue weighted by Crippen LogP contribution is -2.22. The summed E-state index contributed by atoms with van der Waals surface area (Å²) in [6.07, 6.45) is 0.0561. The number of benzene rings is 1. The number of methoxy groups -OCH3 is 1. The standard InChI is InChI=1S/C15H24O3/c1-6-13(18-7-2)15(16)12-8-11(4)14(17-5)9-10(12)3/h8-9,13,15-16H,6-7H2,1-5H3. The summed E-state index contributed by atoms with van der Waals surface area (Å²) in [4.78, 5) is 0. The molecule has 2 atom stereocenters. The van der Waals surface area contributed by atoms with Gasteiger partial charge in [0.05, 0.1) is 13.2 Å². The number of hydrogen-bond donors (Lipinski definition) is 1. The van der Waals surface area contributed by atoms with Gasteiger partial charge in [-0.2, -0.15) is 0 Å². The second kappa shape index (κ2) is 6.76. The number of aliphatic hydroxyl groups is 1. The number of aliphatic hydroxyl groups excluding tert-OH is 1. The first-order valence-electron chi connectivity index (χ1n) is 6.49. The number of ether oxygens (including phenoxy) is 2. The molecule has 18 heavy (non-hydrogen) atoms. The number of hydrogen-bond acceptors (Lipinski definition) is 3. The van der Waals surface area contributed by atoms with Crippen LogP contribution in [-0.4, -0.2) is 24.9 Å². The van der Waals surface area contributed by atoms with Crippen molar-refractivity contribution in [2.45, 2.75) is 46.3 Å². The topological polar surface area (TPSA) is 38.7 Å². The molecule has 1 aromatic rings. The van der Waals surface area contributed by atoms with Crippen molar-refractivity contribution in [1.82, 2.24) is 0 Å². The summed E-state index contributed by atoms with van der Waals surface area (Å²) in [6, 6.07) is 3.95. The third kappa shape index (κ3) is 3.24. The second-order valence-corrected chi connectivity index (χ2v) is 4.53. The molecule has 0 aliphatic heterocycles. The summed E-state index contributed by atoms with van der Waals surface area (Å²) in [5.41, 5.74) is 2.99. The Morgan fingerprint density at radius 3 is 2.33 bits per heavy atom. The van der Waals surface area contributed by atoms with Gasteiger partial charge in [0.15, 0.2) is 0 Å². The van der Waals surface area contributed by atoms with E-state index in [1.807, 2.05) is 39.8 Å². The van der Waals surface area contributed by atoms with Crippen LogP contribution in [0.3, 0.4) is 0 Å². The second-order valence-electron chi connectivity index (χ2n) is 4.53. The molecule has 0 aliphatic rings. The number of aryl methyl sites for hydroxylation is 2. The predicted octanol–water partition coefficient (Wildman–Crippen LogP) is 3.16. The summed E-state index contributed by atoms with van der Waals surface area (Å²) in [7, 11) is 1.66. The van der Waals surface area contributed by atoms with E-state index in [0.717, 1.165) is 28.9 Å². The first-order chi connectivity index (χ1) is 8.54. The zero-order valence-electron chi connectivity index (χ0n) is 12.0. The van der Waals surface area contributed by atoms with E-state index in [2.05, 4.69) is 0 Å². The van der Waals surface area contributed by atoms with E-state index in [1.165, 1.54) is 0 Å². The Kier molecular flexibility index (Phi) is 5.63. The van der Waals surface area contributed by atoms with Crippen LogP contribution < -0.4 is 4.74 Å². The lowest BCUT2D eigenvalue weighted by atomic mass is 9.95. The van der Waals surface area contributed by atoms with Crippen LogP contribution in [0.5, 0.6) is 5.75 Å². The smallest absolute Gasteiger partial charge is 0.122 e. The maximum atomic E-state index is 10.4. The molecule has 3 nitrogen and oxygen atoms in total. The van der Waals surface area contributed by atoms with Crippen LogP contribution in [0.2, 0.25) is 0 Å².